The summed E-state index contributed by atoms with van der Waals surface area (Å²) in [5.41, 5.74) is 0. The number of ether oxygens (including phenoxy) is 1. The minimum atomic E-state index is -0.871. The van der Waals surface area contributed by atoms with Crippen molar-refractivity contribution in [1.29, 1.82) is 0 Å². The highest BCUT2D eigenvalue weighted by molar-refractivity contribution is 6.32. The molecule has 3 nitrogen and oxygen atoms in total. The summed E-state index contributed by atoms with van der Waals surface area (Å²) in [6.45, 7) is 0.248. The Morgan fingerprint density at radius 2 is 2.27 bits per heavy atom. The molecule has 0 saturated heterocycles. The number of halogens is 2. The van der Waals surface area contributed by atoms with E-state index in [0.29, 0.717) is 12.2 Å². The summed E-state index contributed by atoms with van der Waals surface area (Å²) in [6.07, 6.45) is 0.432. The Bertz CT molecular complexity index is 355. The fraction of sp³-hybridized carbons (Fsp3) is 0.300. The standard InChI is InChI=1S/C10H10ClFO3/c11-8-6-7(12)3-4-9(8)15-5-1-2-10(13)14/h3-4,6H,1-2,5H2,(H,13,14). The van der Waals surface area contributed by atoms with E-state index in [-0.39, 0.29) is 18.1 Å². The quantitative estimate of drug-likeness (QED) is 0.794. The van der Waals surface area contributed by atoms with E-state index in [4.69, 9.17) is 21.4 Å². The molecule has 0 aliphatic heterocycles. The van der Waals surface area contributed by atoms with E-state index in [9.17, 15) is 9.18 Å². The Balaban J connectivity index is 2.40. The molecule has 15 heavy (non-hydrogen) atoms. The molecule has 82 valence electrons. The summed E-state index contributed by atoms with van der Waals surface area (Å²) in [5.74, 6) is -0.940. The van der Waals surface area contributed by atoms with Crippen LogP contribution in [-0.4, -0.2) is 17.7 Å². The first-order valence-corrected chi connectivity index (χ1v) is 4.77. The number of carboxylic acid groups (broad SMARTS) is 1. The molecule has 0 heterocycles. The second-order valence-corrected chi connectivity index (χ2v) is 3.33. The van der Waals surface area contributed by atoms with E-state index < -0.39 is 11.8 Å². The first kappa shape index (κ1) is 11.8. The predicted octanol–water partition coefficient (Wildman–Crippen LogP) is 2.72. The van der Waals surface area contributed by atoms with E-state index in [1.165, 1.54) is 12.1 Å². The summed E-state index contributed by atoms with van der Waals surface area (Å²) in [7, 11) is 0. The summed E-state index contributed by atoms with van der Waals surface area (Å²) in [6, 6.07) is 3.80. The van der Waals surface area contributed by atoms with Crippen LogP contribution in [0, 0.1) is 5.82 Å². The van der Waals surface area contributed by atoms with Crippen LogP contribution < -0.4 is 4.74 Å². The van der Waals surface area contributed by atoms with Crippen molar-refractivity contribution in [2.24, 2.45) is 0 Å². The number of hydrogen-bond acceptors (Lipinski definition) is 2. The molecule has 0 amide bonds. The molecule has 0 radical (unpaired) electrons. The minimum absolute atomic E-state index is 0.0405. The number of rotatable bonds is 5. The Morgan fingerprint density at radius 1 is 1.53 bits per heavy atom. The van der Waals surface area contributed by atoms with E-state index in [0.717, 1.165) is 6.07 Å². The van der Waals surface area contributed by atoms with Crippen molar-refractivity contribution in [2.45, 2.75) is 12.8 Å². The lowest BCUT2D eigenvalue weighted by atomic mass is 10.3. The Labute approximate surface area is 91.4 Å². The van der Waals surface area contributed by atoms with Crippen LogP contribution >= 0.6 is 11.6 Å². The molecule has 0 aliphatic rings. The van der Waals surface area contributed by atoms with Gasteiger partial charge in [0, 0.05) is 6.42 Å². The molecular weight excluding hydrogens is 223 g/mol. The zero-order chi connectivity index (χ0) is 11.3. The second-order valence-electron chi connectivity index (χ2n) is 2.92. The van der Waals surface area contributed by atoms with Gasteiger partial charge in [0.05, 0.1) is 11.6 Å². The lowest BCUT2D eigenvalue weighted by Gasteiger charge is -2.06. The molecule has 0 fully saturated rings. The van der Waals surface area contributed by atoms with Crippen molar-refractivity contribution in [3.05, 3.63) is 29.0 Å². The third-order valence-corrected chi connectivity index (χ3v) is 1.98. The molecule has 0 bridgehead atoms. The number of aliphatic carboxylic acids is 1. The van der Waals surface area contributed by atoms with Gasteiger partial charge in [0.25, 0.3) is 0 Å². The fourth-order valence-corrected chi connectivity index (χ4v) is 1.22. The maximum absolute atomic E-state index is 12.6. The van der Waals surface area contributed by atoms with Crippen LogP contribution in [0.4, 0.5) is 4.39 Å². The summed E-state index contributed by atoms with van der Waals surface area (Å²) < 4.78 is 17.8. The molecule has 0 spiro atoms. The Morgan fingerprint density at radius 3 is 2.87 bits per heavy atom. The molecule has 0 aliphatic carbocycles. The highest BCUT2D eigenvalue weighted by Crippen LogP contribution is 2.24. The van der Waals surface area contributed by atoms with Crippen LogP contribution in [0.5, 0.6) is 5.75 Å². The van der Waals surface area contributed by atoms with E-state index in [1.807, 2.05) is 0 Å². The zero-order valence-corrected chi connectivity index (χ0v) is 8.63. The number of carboxylic acids is 1. The summed E-state index contributed by atoms with van der Waals surface area (Å²) >= 11 is 5.69. The third kappa shape index (κ3) is 4.16. The largest absolute Gasteiger partial charge is 0.492 e. The van der Waals surface area contributed by atoms with Crippen molar-refractivity contribution < 1.29 is 19.0 Å². The van der Waals surface area contributed by atoms with Crippen LogP contribution in [0.25, 0.3) is 0 Å². The maximum Gasteiger partial charge on any atom is 0.303 e. The van der Waals surface area contributed by atoms with Crippen molar-refractivity contribution in [3.8, 4) is 5.75 Å². The average molecular weight is 233 g/mol. The molecule has 0 unspecified atom stereocenters. The predicted molar refractivity (Wildman–Crippen MR) is 53.8 cm³/mol. The Hall–Kier alpha value is -1.29. The van der Waals surface area contributed by atoms with E-state index >= 15 is 0 Å². The van der Waals surface area contributed by atoms with Crippen molar-refractivity contribution in [1.82, 2.24) is 0 Å². The van der Waals surface area contributed by atoms with Crippen LogP contribution in [-0.2, 0) is 4.79 Å². The van der Waals surface area contributed by atoms with Gasteiger partial charge in [-0.05, 0) is 24.6 Å². The molecule has 1 aromatic rings. The van der Waals surface area contributed by atoms with Crippen molar-refractivity contribution >= 4 is 17.6 Å². The molecule has 0 saturated carbocycles. The van der Waals surface area contributed by atoms with E-state index in [1.54, 1.807) is 0 Å². The second kappa shape index (κ2) is 5.56. The molecule has 1 aromatic carbocycles. The van der Waals surface area contributed by atoms with E-state index in [2.05, 4.69) is 0 Å². The third-order valence-electron chi connectivity index (χ3n) is 1.69. The average Bonchev–Trinajstić information content (AvgIpc) is 2.14. The first-order chi connectivity index (χ1) is 7.09. The van der Waals surface area contributed by atoms with Gasteiger partial charge in [-0.2, -0.15) is 0 Å². The molecule has 1 rings (SSSR count). The van der Waals surface area contributed by atoms with Gasteiger partial charge in [-0.25, -0.2) is 4.39 Å². The zero-order valence-electron chi connectivity index (χ0n) is 7.87. The summed E-state index contributed by atoms with van der Waals surface area (Å²) in [4.78, 5) is 10.2. The van der Waals surface area contributed by atoms with Crippen molar-refractivity contribution in [3.63, 3.8) is 0 Å². The fourth-order valence-electron chi connectivity index (χ4n) is 0.998. The SMILES string of the molecule is O=C(O)CCCOc1ccc(F)cc1Cl. The van der Waals surface area contributed by atoms with Crippen LogP contribution in [0.1, 0.15) is 12.8 Å². The van der Waals surface area contributed by atoms with Crippen LogP contribution in [0.15, 0.2) is 18.2 Å². The lowest BCUT2D eigenvalue weighted by Crippen LogP contribution is -2.02. The summed E-state index contributed by atoms with van der Waals surface area (Å²) in [5, 5.41) is 8.56. The number of carbonyl (C=O) groups is 1. The molecular formula is C10H10ClFO3. The van der Waals surface area contributed by atoms with Gasteiger partial charge in [-0.3, -0.25) is 4.79 Å². The molecule has 0 atom stereocenters. The Kier molecular flexibility index (Phi) is 4.37. The molecule has 0 aromatic heterocycles. The number of hydrogen-bond donors (Lipinski definition) is 1. The van der Waals surface area contributed by atoms with Crippen LogP contribution in [0.3, 0.4) is 0 Å². The normalized spacial score (nSPS) is 10.0. The highest BCUT2D eigenvalue weighted by atomic mass is 35.5. The van der Waals surface area contributed by atoms with Gasteiger partial charge in [0.2, 0.25) is 0 Å². The molecule has 5 heteroatoms. The van der Waals surface area contributed by atoms with Gasteiger partial charge in [-0.15, -0.1) is 0 Å². The first-order valence-electron chi connectivity index (χ1n) is 4.39. The number of benzene rings is 1. The van der Waals surface area contributed by atoms with Gasteiger partial charge >= 0.3 is 5.97 Å². The van der Waals surface area contributed by atoms with Gasteiger partial charge in [0.1, 0.15) is 11.6 Å². The topological polar surface area (TPSA) is 46.5 Å². The highest BCUT2D eigenvalue weighted by Gasteiger charge is 2.03. The van der Waals surface area contributed by atoms with Crippen LogP contribution in [0.2, 0.25) is 5.02 Å². The molecule has 1 N–H and O–H groups in total. The minimum Gasteiger partial charge on any atom is -0.492 e. The smallest absolute Gasteiger partial charge is 0.303 e. The maximum atomic E-state index is 12.6. The monoisotopic (exact) mass is 232 g/mol. The van der Waals surface area contributed by atoms with Gasteiger partial charge < -0.3 is 9.84 Å². The van der Waals surface area contributed by atoms with Crippen molar-refractivity contribution in [2.75, 3.05) is 6.61 Å². The van der Waals surface area contributed by atoms with Gasteiger partial charge in [0.15, 0.2) is 0 Å². The van der Waals surface area contributed by atoms with Gasteiger partial charge in [-0.1, -0.05) is 11.6 Å². The lowest BCUT2D eigenvalue weighted by molar-refractivity contribution is -0.137.